The van der Waals surface area contributed by atoms with Crippen molar-refractivity contribution in [3.05, 3.63) is 21.6 Å². The Morgan fingerprint density at radius 3 is 2.94 bits per heavy atom. The topological polar surface area (TPSA) is 56.1 Å². The largest absolute Gasteiger partial charge is 0.383 e. The highest BCUT2D eigenvalue weighted by atomic mass is 35.5. The smallest absolute Gasteiger partial charge is 0.287 e. The van der Waals surface area contributed by atoms with E-state index < -0.39 is 0 Å². The second-order valence-electron chi connectivity index (χ2n) is 4.03. The van der Waals surface area contributed by atoms with E-state index in [-0.39, 0.29) is 10.6 Å². The number of methoxy groups -OCH3 is 1. The van der Waals surface area contributed by atoms with E-state index in [1.165, 1.54) is 4.68 Å². The zero-order valence-corrected chi connectivity index (χ0v) is 11.7. The van der Waals surface area contributed by atoms with Crippen LogP contribution in [0.15, 0.2) is 11.0 Å². The molecule has 5 nitrogen and oxygen atoms in total. The highest BCUT2D eigenvalue weighted by Gasteiger charge is 2.08. The molecule has 1 rings (SSSR count). The zero-order valence-electron chi connectivity index (χ0n) is 10.9. The van der Waals surface area contributed by atoms with Crippen molar-refractivity contribution in [2.45, 2.75) is 32.7 Å². The summed E-state index contributed by atoms with van der Waals surface area (Å²) < 4.78 is 6.21. The fourth-order valence-electron chi connectivity index (χ4n) is 1.52. The van der Waals surface area contributed by atoms with Crippen LogP contribution in [0.3, 0.4) is 0 Å². The predicted molar refractivity (Wildman–Crippen MR) is 73.4 cm³/mol. The van der Waals surface area contributed by atoms with E-state index in [9.17, 15) is 4.79 Å². The van der Waals surface area contributed by atoms with Gasteiger partial charge < -0.3 is 10.1 Å². The van der Waals surface area contributed by atoms with E-state index in [1.807, 2.05) is 0 Å². The minimum Gasteiger partial charge on any atom is -0.383 e. The van der Waals surface area contributed by atoms with E-state index in [0.29, 0.717) is 18.8 Å². The Labute approximate surface area is 112 Å². The van der Waals surface area contributed by atoms with Gasteiger partial charge in [-0.2, -0.15) is 5.10 Å². The van der Waals surface area contributed by atoms with Crippen LogP contribution in [0.4, 0.5) is 5.69 Å². The van der Waals surface area contributed by atoms with Gasteiger partial charge in [-0.1, -0.05) is 31.4 Å². The summed E-state index contributed by atoms with van der Waals surface area (Å²) in [5.41, 5.74) is 0.320. The first-order valence-corrected chi connectivity index (χ1v) is 6.57. The maximum Gasteiger partial charge on any atom is 0.287 e. The van der Waals surface area contributed by atoms with Gasteiger partial charge in [0.1, 0.15) is 5.02 Å². The fourth-order valence-corrected chi connectivity index (χ4v) is 1.74. The van der Waals surface area contributed by atoms with Crippen LogP contribution in [-0.4, -0.2) is 30.0 Å². The molecule has 102 valence electrons. The van der Waals surface area contributed by atoms with Crippen molar-refractivity contribution in [1.29, 1.82) is 0 Å². The lowest BCUT2D eigenvalue weighted by atomic mass is 10.2. The normalized spacial score (nSPS) is 10.6. The van der Waals surface area contributed by atoms with E-state index in [0.717, 1.165) is 25.8 Å². The molecule has 0 atom stereocenters. The van der Waals surface area contributed by atoms with E-state index >= 15 is 0 Å². The molecule has 0 bridgehead atoms. The van der Waals surface area contributed by atoms with Gasteiger partial charge in [-0.25, -0.2) is 4.68 Å². The van der Waals surface area contributed by atoms with Gasteiger partial charge in [0, 0.05) is 13.7 Å². The van der Waals surface area contributed by atoms with Gasteiger partial charge in [0.15, 0.2) is 0 Å². The van der Waals surface area contributed by atoms with Crippen LogP contribution >= 0.6 is 11.6 Å². The average Bonchev–Trinajstić information content (AvgIpc) is 2.38. The average molecular weight is 274 g/mol. The lowest BCUT2D eigenvalue weighted by Crippen LogP contribution is -2.26. The minimum atomic E-state index is -0.283. The SMILES string of the molecule is CCCCCNc1cnn(CCOC)c(=O)c1Cl. The summed E-state index contributed by atoms with van der Waals surface area (Å²) in [6.07, 6.45) is 4.96. The molecular weight excluding hydrogens is 254 g/mol. The van der Waals surface area contributed by atoms with Crippen LogP contribution in [0, 0.1) is 0 Å². The van der Waals surface area contributed by atoms with E-state index in [4.69, 9.17) is 16.3 Å². The molecule has 0 fully saturated rings. The Balaban J connectivity index is 2.65. The van der Waals surface area contributed by atoms with Crippen LogP contribution in [0.5, 0.6) is 0 Å². The second kappa shape index (κ2) is 8.11. The number of halogens is 1. The summed E-state index contributed by atoms with van der Waals surface area (Å²) in [5, 5.41) is 7.38. The van der Waals surface area contributed by atoms with Crippen molar-refractivity contribution in [2.75, 3.05) is 25.6 Å². The van der Waals surface area contributed by atoms with Crippen LogP contribution in [0.2, 0.25) is 5.02 Å². The number of ether oxygens (including phenoxy) is 1. The van der Waals surface area contributed by atoms with Gasteiger partial charge in [-0.3, -0.25) is 4.79 Å². The molecule has 1 N–H and O–H groups in total. The Bertz CT molecular complexity index is 420. The number of nitrogens with zero attached hydrogens (tertiary/aromatic N) is 2. The maximum absolute atomic E-state index is 11.9. The number of hydrogen-bond acceptors (Lipinski definition) is 4. The van der Waals surface area contributed by atoms with Crippen LogP contribution in [0.25, 0.3) is 0 Å². The number of aromatic nitrogens is 2. The summed E-state index contributed by atoms with van der Waals surface area (Å²) in [7, 11) is 1.58. The lowest BCUT2D eigenvalue weighted by Gasteiger charge is -2.09. The summed E-state index contributed by atoms with van der Waals surface area (Å²) >= 11 is 6.01. The molecule has 1 aromatic heterocycles. The Kier molecular flexibility index (Phi) is 6.75. The lowest BCUT2D eigenvalue weighted by molar-refractivity contribution is 0.182. The molecule has 18 heavy (non-hydrogen) atoms. The number of nitrogens with one attached hydrogen (secondary N) is 1. The van der Waals surface area contributed by atoms with Gasteiger partial charge in [-0.05, 0) is 6.42 Å². The number of anilines is 1. The molecule has 6 heteroatoms. The molecule has 0 saturated carbocycles. The molecule has 0 unspecified atom stereocenters. The molecule has 1 heterocycles. The highest BCUT2D eigenvalue weighted by molar-refractivity contribution is 6.32. The Hall–Kier alpha value is -1.07. The maximum atomic E-state index is 11.9. The van der Waals surface area contributed by atoms with Crippen molar-refractivity contribution in [3.63, 3.8) is 0 Å². The minimum absolute atomic E-state index is 0.192. The van der Waals surface area contributed by atoms with Crippen molar-refractivity contribution >= 4 is 17.3 Å². The molecule has 0 aromatic carbocycles. The summed E-state index contributed by atoms with van der Waals surface area (Å²) in [4.78, 5) is 11.9. The molecule has 0 aliphatic carbocycles. The van der Waals surface area contributed by atoms with Gasteiger partial charge in [0.2, 0.25) is 0 Å². The van der Waals surface area contributed by atoms with Gasteiger partial charge in [0.25, 0.3) is 5.56 Å². The Morgan fingerprint density at radius 2 is 2.28 bits per heavy atom. The Morgan fingerprint density at radius 1 is 1.50 bits per heavy atom. The predicted octanol–water partition coefficient (Wildman–Crippen LogP) is 2.15. The molecule has 1 aromatic rings. The highest BCUT2D eigenvalue weighted by Crippen LogP contribution is 2.15. The van der Waals surface area contributed by atoms with Crippen LogP contribution in [0.1, 0.15) is 26.2 Å². The summed E-state index contributed by atoms with van der Waals surface area (Å²) in [5.74, 6) is 0. The number of unbranched alkanes of at least 4 members (excludes halogenated alkanes) is 2. The standard InChI is InChI=1S/C12H20ClN3O2/c1-3-4-5-6-14-10-9-15-16(7-8-18-2)12(17)11(10)13/h9,14H,3-8H2,1-2H3. The van der Waals surface area contributed by atoms with Gasteiger partial charge in [0.05, 0.1) is 25.0 Å². The van der Waals surface area contributed by atoms with Gasteiger partial charge >= 0.3 is 0 Å². The molecule has 0 aliphatic rings. The third-order valence-electron chi connectivity index (χ3n) is 2.59. The molecular formula is C12H20ClN3O2. The van der Waals surface area contributed by atoms with Crippen molar-refractivity contribution < 1.29 is 4.74 Å². The number of hydrogen-bond donors (Lipinski definition) is 1. The van der Waals surface area contributed by atoms with Gasteiger partial charge in [-0.15, -0.1) is 0 Å². The first-order chi connectivity index (χ1) is 8.70. The van der Waals surface area contributed by atoms with E-state index in [1.54, 1.807) is 13.3 Å². The molecule has 0 spiro atoms. The monoisotopic (exact) mass is 273 g/mol. The van der Waals surface area contributed by atoms with Crippen molar-refractivity contribution in [3.8, 4) is 0 Å². The third-order valence-corrected chi connectivity index (χ3v) is 2.95. The second-order valence-corrected chi connectivity index (χ2v) is 4.41. The molecule has 0 radical (unpaired) electrons. The van der Waals surface area contributed by atoms with Crippen molar-refractivity contribution in [2.24, 2.45) is 0 Å². The van der Waals surface area contributed by atoms with Crippen LogP contribution < -0.4 is 10.9 Å². The summed E-state index contributed by atoms with van der Waals surface area (Å²) in [6, 6.07) is 0. The third kappa shape index (κ3) is 4.31. The van der Waals surface area contributed by atoms with Crippen molar-refractivity contribution in [1.82, 2.24) is 9.78 Å². The fraction of sp³-hybridized carbons (Fsp3) is 0.667. The first-order valence-electron chi connectivity index (χ1n) is 6.19. The molecule has 0 saturated heterocycles. The first kappa shape index (κ1) is 15.0. The van der Waals surface area contributed by atoms with Crippen LogP contribution in [-0.2, 0) is 11.3 Å². The molecule has 0 amide bonds. The van der Waals surface area contributed by atoms with E-state index in [2.05, 4.69) is 17.3 Å². The quantitative estimate of drug-likeness (QED) is 0.738. The zero-order chi connectivity index (χ0) is 13.4. The molecule has 0 aliphatic heterocycles. The summed E-state index contributed by atoms with van der Waals surface area (Å²) in [6.45, 7) is 3.79. The number of rotatable bonds is 8.